The van der Waals surface area contributed by atoms with Gasteiger partial charge in [0.2, 0.25) is 0 Å². The first-order valence-electron chi connectivity index (χ1n) is 7.18. The van der Waals surface area contributed by atoms with Gasteiger partial charge in [0.1, 0.15) is 25.3 Å². The van der Waals surface area contributed by atoms with Crippen LogP contribution in [0.5, 0.6) is 0 Å². The van der Waals surface area contributed by atoms with Gasteiger partial charge < -0.3 is 5.11 Å². The van der Waals surface area contributed by atoms with Crippen molar-refractivity contribution in [3.63, 3.8) is 0 Å². The lowest BCUT2D eigenvalue weighted by Crippen LogP contribution is -2.71. The van der Waals surface area contributed by atoms with Gasteiger partial charge in [0, 0.05) is 0 Å². The molecular formula is C12H11F9N6O. The monoisotopic (exact) mass is 426 g/mol. The molecule has 2 aromatic heterocycles. The van der Waals surface area contributed by atoms with Gasteiger partial charge in [-0.15, -0.1) is 0 Å². The molecule has 0 aliphatic heterocycles. The van der Waals surface area contributed by atoms with Gasteiger partial charge in [0.25, 0.3) is 0 Å². The van der Waals surface area contributed by atoms with Crippen LogP contribution in [-0.4, -0.2) is 64.2 Å². The lowest BCUT2D eigenvalue weighted by Gasteiger charge is -2.44. The number of aliphatic hydroxyl groups is 1. The number of hydrogen-bond acceptors (Lipinski definition) is 5. The Kier molecular flexibility index (Phi) is 5.16. The van der Waals surface area contributed by atoms with E-state index in [4.69, 9.17) is 0 Å². The summed E-state index contributed by atoms with van der Waals surface area (Å²) in [4.78, 5) is 6.64. The van der Waals surface area contributed by atoms with E-state index in [1.807, 2.05) is 0 Å². The smallest absolute Gasteiger partial charge is 0.379 e. The second-order valence-electron chi connectivity index (χ2n) is 5.79. The Labute approximate surface area is 149 Å². The molecule has 2 unspecified atom stereocenters. The first kappa shape index (κ1) is 21.9. The van der Waals surface area contributed by atoms with E-state index in [0.717, 1.165) is 12.7 Å². The van der Waals surface area contributed by atoms with Crippen molar-refractivity contribution in [2.45, 2.75) is 49.1 Å². The normalized spacial score (nSPS) is 17.4. The van der Waals surface area contributed by atoms with Crippen LogP contribution in [0.15, 0.2) is 25.3 Å². The summed E-state index contributed by atoms with van der Waals surface area (Å²) in [6, 6.07) is -2.25. The van der Waals surface area contributed by atoms with E-state index in [1.165, 1.54) is 0 Å². The van der Waals surface area contributed by atoms with Crippen molar-refractivity contribution in [1.29, 1.82) is 0 Å². The van der Waals surface area contributed by atoms with Gasteiger partial charge in [-0.3, -0.25) is 0 Å². The maximum atomic E-state index is 14.6. The van der Waals surface area contributed by atoms with Gasteiger partial charge >= 0.3 is 23.9 Å². The van der Waals surface area contributed by atoms with E-state index >= 15 is 0 Å². The molecule has 2 aromatic rings. The van der Waals surface area contributed by atoms with E-state index in [-0.39, 0.29) is 0 Å². The third-order valence-electron chi connectivity index (χ3n) is 4.08. The van der Waals surface area contributed by atoms with Gasteiger partial charge in [-0.25, -0.2) is 19.3 Å². The standard InChI is InChI=1S/C12H11F9N6O/c1-7(27-6-23-4-25-27)8(28,2-26-5-22-3-24-26)9(13,14)10(15,16)11(17,18)12(19,20)21/h3-7,28H,2H2,1H3. The Morgan fingerprint density at radius 1 is 0.821 bits per heavy atom. The number of aromatic nitrogens is 6. The predicted molar refractivity (Wildman–Crippen MR) is 70.6 cm³/mol. The minimum absolute atomic E-state index is 0.364. The molecule has 0 saturated heterocycles. The minimum atomic E-state index is -7.16. The summed E-state index contributed by atoms with van der Waals surface area (Å²) >= 11 is 0. The third-order valence-corrected chi connectivity index (χ3v) is 4.08. The number of hydrogen-bond donors (Lipinski definition) is 1. The molecule has 0 amide bonds. The van der Waals surface area contributed by atoms with Crippen LogP contribution < -0.4 is 0 Å². The molecule has 2 atom stereocenters. The second-order valence-corrected chi connectivity index (χ2v) is 5.79. The van der Waals surface area contributed by atoms with Crippen molar-refractivity contribution in [3.05, 3.63) is 25.3 Å². The number of halogens is 9. The lowest BCUT2D eigenvalue weighted by molar-refractivity contribution is -0.420. The average molecular weight is 426 g/mol. The highest BCUT2D eigenvalue weighted by atomic mass is 19.4. The molecule has 0 aromatic carbocycles. The lowest BCUT2D eigenvalue weighted by atomic mass is 9.82. The summed E-state index contributed by atoms with van der Waals surface area (Å²) < 4.78 is 122. The zero-order chi connectivity index (χ0) is 21.6. The average Bonchev–Trinajstić information content (AvgIpc) is 3.25. The summed E-state index contributed by atoms with van der Waals surface area (Å²) in [6.07, 6.45) is -4.21. The second kappa shape index (κ2) is 6.59. The molecule has 7 nitrogen and oxygen atoms in total. The van der Waals surface area contributed by atoms with E-state index in [9.17, 15) is 44.6 Å². The number of alkyl halides is 9. The largest absolute Gasteiger partial charge is 0.460 e. The molecule has 0 radical (unpaired) electrons. The van der Waals surface area contributed by atoms with E-state index in [0.29, 0.717) is 28.9 Å². The molecule has 2 heterocycles. The first-order chi connectivity index (χ1) is 12.6. The van der Waals surface area contributed by atoms with Gasteiger partial charge in [-0.05, 0) is 6.92 Å². The number of rotatable bonds is 7. The quantitative estimate of drug-likeness (QED) is 0.688. The van der Waals surface area contributed by atoms with Crippen LogP contribution in [0.3, 0.4) is 0 Å². The van der Waals surface area contributed by atoms with Gasteiger partial charge in [-0.1, -0.05) is 0 Å². The Hall–Kier alpha value is -2.39. The van der Waals surface area contributed by atoms with Crippen LogP contribution >= 0.6 is 0 Å². The molecule has 158 valence electrons. The van der Waals surface area contributed by atoms with Crippen molar-refractivity contribution >= 4 is 0 Å². The van der Waals surface area contributed by atoms with Crippen LogP contribution in [0.4, 0.5) is 39.5 Å². The van der Waals surface area contributed by atoms with E-state index in [1.54, 1.807) is 0 Å². The summed E-state index contributed by atoms with van der Waals surface area (Å²) in [5.74, 6) is -20.5. The van der Waals surface area contributed by atoms with Gasteiger partial charge in [0.05, 0.1) is 12.6 Å². The molecule has 0 aliphatic carbocycles. The Morgan fingerprint density at radius 2 is 1.36 bits per heavy atom. The maximum absolute atomic E-state index is 14.6. The summed E-state index contributed by atoms with van der Waals surface area (Å²) in [5.41, 5.74) is -4.23. The molecule has 0 fully saturated rings. The van der Waals surface area contributed by atoms with Crippen LogP contribution in [0.25, 0.3) is 0 Å². The highest BCUT2D eigenvalue weighted by Crippen LogP contribution is 2.58. The molecule has 0 aliphatic rings. The first-order valence-corrected chi connectivity index (χ1v) is 7.18. The molecule has 2 rings (SSSR count). The zero-order valence-corrected chi connectivity index (χ0v) is 13.6. The molecule has 28 heavy (non-hydrogen) atoms. The summed E-state index contributed by atoms with van der Waals surface area (Å²) in [5, 5.41) is 17.0. The van der Waals surface area contributed by atoms with E-state index < -0.39 is 42.1 Å². The molecule has 1 N–H and O–H groups in total. The van der Waals surface area contributed by atoms with E-state index in [2.05, 4.69) is 20.2 Å². The van der Waals surface area contributed by atoms with Crippen LogP contribution in [0.2, 0.25) is 0 Å². The Bertz CT molecular complexity index is 776. The Balaban J connectivity index is 2.63. The zero-order valence-electron chi connectivity index (χ0n) is 13.6. The van der Waals surface area contributed by atoms with Gasteiger partial charge in [-0.2, -0.15) is 49.7 Å². The van der Waals surface area contributed by atoms with Crippen molar-refractivity contribution in [2.75, 3.05) is 0 Å². The van der Waals surface area contributed by atoms with Crippen LogP contribution in [0, 0.1) is 0 Å². The molecular weight excluding hydrogens is 415 g/mol. The van der Waals surface area contributed by atoms with Gasteiger partial charge in [0.15, 0.2) is 5.60 Å². The molecule has 16 heteroatoms. The molecule has 0 spiro atoms. The minimum Gasteiger partial charge on any atom is -0.379 e. The Morgan fingerprint density at radius 3 is 1.79 bits per heavy atom. The molecule has 0 bridgehead atoms. The fourth-order valence-electron chi connectivity index (χ4n) is 2.34. The highest BCUT2D eigenvalue weighted by Gasteiger charge is 2.86. The van der Waals surface area contributed by atoms with Crippen molar-refractivity contribution in [2.24, 2.45) is 0 Å². The fourth-order valence-corrected chi connectivity index (χ4v) is 2.34. The van der Waals surface area contributed by atoms with Crippen LogP contribution in [0.1, 0.15) is 13.0 Å². The summed E-state index contributed by atoms with van der Waals surface area (Å²) in [6.45, 7) is -0.966. The van der Waals surface area contributed by atoms with Crippen molar-refractivity contribution < 1.29 is 44.6 Å². The summed E-state index contributed by atoms with van der Waals surface area (Å²) in [7, 11) is 0. The maximum Gasteiger partial charge on any atom is 0.460 e. The SMILES string of the molecule is CC(n1cncn1)C(O)(Cn1cncn1)C(F)(F)C(F)(F)C(F)(F)C(F)(F)F. The van der Waals surface area contributed by atoms with Crippen molar-refractivity contribution in [3.8, 4) is 0 Å². The third kappa shape index (κ3) is 3.08. The topological polar surface area (TPSA) is 81.6 Å². The fraction of sp³-hybridized carbons (Fsp3) is 0.667. The highest BCUT2D eigenvalue weighted by molar-refractivity contribution is 5.11. The molecule has 0 saturated carbocycles. The van der Waals surface area contributed by atoms with Crippen LogP contribution in [-0.2, 0) is 6.54 Å². The van der Waals surface area contributed by atoms with Crippen molar-refractivity contribution in [1.82, 2.24) is 29.5 Å². The number of nitrogens with zero attached hydrogens (tertiary/aromatic N) is 6. The predicted octanol–water partition coefficient (Wildman–Crippen LogP) is 2.33.